The van der Waals surface area contributed by atoms with Crippen molar-refractivity contribution in [2.45, 2.75) is 50.9 Å². The molecule has 1 saturated carbocycles. The third-order valence-electron chi connectivity index (χ3n) is 7.22. The van der Waals surface area contributed by atoms with Gasteiger partial charge in [0.15, 0.2) is 23.2 Å². The van der Waals surface area contributed by atoms with Crippen molar-refractivity contribution in [2.24, 2.45) is 11.3 Å². The summed E-state index contributed by atoms with van der Waals surface area (Å²) >= 11 is 0. The molecular formula is C25H30O8. The average molecular weight is 459 g/mol. The molecule has 178 valence electrons. The average Bonchev–Trinajstić information content (AvgIpc) is 3.29. The van der Waals surface area contributed by atoms with Crippen LogP contribution in [0, 0.1) is 11.3 Å². The number of hydrogen-bond donors (Lipinski definition) is 0. The highest BCUT2D eigenvalue weighted by molar-refractivity contribution is 5.68. The monoisotopic (exact) mass is 458 g/mol. The van der Waals surface area contributed by atoms with Crippen LogP contribution in [0.1, 0.15) is 38.7 Å². The van der Waals surface area contributed by atoms with E-state index in [0.29, 0.717) is 23.7 Å². The Kier molecular flexibility index (Phi) is 5.90. The Bertz CT molecular complexity index is 1000. The third-order valence-corrected chi connectivity index (χ3v) is 7.22. The van der Waals surface area contributed by atoms with Crippen molar-refractivity contribution in [3.8, 4) is 11.5 Å². The number of ether oxygens (including phenoxy) is 6. The van der Waals surface area contributed by atoms with Gasteiger partial charge in [-0.1, -0.05) is 19.1 Å². The summed E-state index contributed by atoms with van der Waals surface area (Å²) in [5.74, 6) is 0.305. The van der Waals surface area contributed by atoms with E-state index in [4.69, 9.17) is 28.4 Å². The van der Waals surface area contributed by atoms with Crippen LogP contribution in [0.5, 0.6) is 11.5 Å². The third kappa shape index (κ3) is 3.30. The zero-order chi connectivity index (χ0) is 24.0. The summed E-state index contributed by atoms with van der Waals surface area (Å²) < 4.78 is 34.9. The van der Waals surface area contributed by atoms with Crippen LogP contribution in [-0.4, -0.2) is 50.8 Å². The molecule has 2 bridgehead atoms. The number of fused-ring (bicyclic) bond motifs is 3. The largest absolute Gasteiger partial charge is 0.497 e. The van der Waals surface area contributed by atoms with Crippen molar-refractivity contribution < 1.29 is 38.0 Å². The lowest BCUT2D eigenvalue weighted by molar-refractivity contribution is -0.211. The summed E-state index contributed by atoms with van der Waals surface area (Å²) in [6.45, 7) is 8.87. The minimum Gasteiger partial charge on any atom is -0.497 e. The first-order valence-corrected chi connectivity index (χ1v) is 10.9. The quantitative estimate of drug-likeness (QED) is 0.453. The number of methoxy groups -OCH3 is 2. The lowest BCUT2D eigenvalue weighted by Gasteiger charge is -2.48. The number of hydrogen-bond acceptors (Lipinski definition) is 8. The molecular weight excluding hydrogens is 428 g/mol. The van der Waals surface area contributed by atoms with Gasteiger partial charge in [0.2, 0.25) is 6.79 Å². The molecule has 6 atom stereocenters. The van der Waals surface area contributed by atoms with Crippen LogP contribution in [0.15, 0.2) is 42.7 Å². The van der Waals surface area contributed by atoms with E-state index >= 15 is 0 Å². The summed E-state index contributed by atoms with van der Waals surface area (Å²) in [7, 11) is 3.07. The van der Waals surface area contributed by atoms with Crippen molar-refractivity contribution in [3.63, 3.8) is 0 Å². The number of esters is 2. The molecule has 3 aliphatic rings. The molecule has 0 N–H and O–H groups in total. The topological polar surface area (TPSA) is 89.5 Å². The van der Waals surface area contributed by atoms with Crippen molar-refractivity contribution in [1.29, 1.82) is 0 Å². The van der Waals surface area contributed by atoms with Crippen LogP contribution in [-0.2, 0) is 28.5 Å². The number of carbonyl (C=O) groups excluding carboxylic acids is 2. The molecule has 8 nitrogen and oxygen atoms in total. The van der Waals surface area contributed by atoms with Gasteiger partial charge in [-0.3, -0.25) is 9.59 Å². The maximum Gasteiger partial charge on any atom is 0.303 e. The minimum atomic E-state index is -1.26. The molecule has 1 aromatic rings. The van der Waals surface area contributed by atoms with Crippen LogP contribution in [0.25, 0.3) is 0 Å². The molecule has 0 aromatic heterocycles. The Morgan fingerprint density at radius 3 is 2.45 bits per heavy atom. The minimum absolute atomic E-state index is 0.120. The van der Waals surface area contributed by atoms with E-state index < -0.39 is 35.2 Å². The van der Waals surface area contributed by atoms with Crippen molar-refractivity contribution in [2.75, 3.05) is 21.0 Å². The van der Waals surface area contributed by atoms with E-state index in [0.717, 1.165) is 5.56 Å². The molecule has 0 amide bonds. The van der Waals surface area contributed by atoms with Gasteiger partial charge in [0.05, 0.1) is 7.11 Å². The maximum atomic E-state index is 12.3. The van der Waals surface area contributed by atoms with Gasteiger partial charge in [-0.05, 0) is 36.1 Å². The maximum absolute atomic E-state index is 12.3. The Labute approximate surface area is 193 Å². The first-order valence-electron chi connectivity index (χ1n) is 10.9. The Morgan fingerprint density at radius 1 is 1.15 bits per heavy atom. The van der Waals surface area contributed by atoms with E-state index in [1.165, 1.54) is 21.0 Å². The highest BCUT2D eigenvalue weighted by atomic mass is 16.7. The van der Waals surface area contributed by atoms with Gasteiger partial charge in [-0.2, -0.15) is 0 Å². The fraction of sp³-hybridized carbons (Fsp3) is 0.520. The molecule has 8 heteroatoms. The van der Waals surface area contributed by atoms with Crippen molar-refractivity contribution >= 4 is 11.9 Å². The lowest BCUT2D eigenvalue weighted by atomic mass is 9.69. The van der Waals surface area contributed by atoms with Crippen molar-refractivity contribution in [3.05, 3.63) is 48.3 Å². The van der Waals surface area contributed by atoms with Gasteiger partial charge < -0.3 is 28.4 Å². The van der Waals surface area contributed by atoms with Crippen LogP contribution in [0.4, 0.5) is 0 Å². The Balaban J connectivity index is 2.00. The van der Waals surface area contributed by atoms with Crippen molar-refractivity contribution in [1.82, 2.24) is 0 Å². The lowest BCUT2D eigenvalue weighted by Crippen LogP contribution is -2.62. The molecule has 33 heavy (non-hydrogen) atoms. The number of allylic oxidation sites excluding steroid dienone is 1. The van der Waals surface area contributed by atoms with Gasteiger partial charge >= 0.3 is 11.9 Å². The summed E-state index contributed by atoms with van der Waals surface area (Å²) in [5, 5.41) is 0. The molecule has 0 radical (unpaired) electrons. The van der Waals surface area contributed by atoms with E-state index in [1.54, 1.807) is 13.2 Å². The zero-order valence-electron chi connectivity index (χ0n) is 19.6. The number of benzene rings is 1. The van der Waals surface area contributed by atoms with Gasteiger partial charge in [0.25, 0.3) is 0 Å². The van der Waals surface area contributed by atoms with Crippen LogP contribution >= 0.6 is 0 Å². The summed E-state index contributed by atoms with van der Waals surface area (Å²) in [5.41, 5.74) is -1.07. The second-order valence-electron chi connectivity index (χ2n) is 8.77. The van der Waals surface area contributed by atoms with E-state index in [2.05, 4.69) is 13.5 Å². The van der Waals surface area contributed by atoms with Crippen LogP contribution in [0.3, 0.4) is 0 Å². The molecule has 0 saturated heterocycles. The number of rotatable bonds is 7. The Morgan fingerprint density at radius 2 is 1.85 bits per heavy atom. The summed E-state index contributed by atoms with van der Waals surface area (Å²) in [4.78, 5) is 24.5. The van der Waals surface area contributed by atoms with E-state index in [9.17, 15) is 9.59 Å². The standard InChI is InChI=1S/C25H30O8/c1-7-10-24-12-20(28-5)22(32-15(3)26)25(29-6,23(24)33-16(4)27)21(14(24)2)17-8-9-18-19(11-17)31-13-30-18/h7-9,11-12,14,21-23H,1,10,13H2,2-6H3. The number of carbonyl (C=O) groups is 2. The molecule has 2 aliphatic carbocycles. The molecule has 1 aromatic carbocycles. The first kappa shape index (κ1) is 23.2. The van der Waals surface area contributed by atoms with Gasteiger partial charge in [0, 0.05) is 32.3 Å². The normalized spacial score (nSPS) is 33.8. The highest BCUT2D eigenvalue weighted by Crippen LogP contribution is 2.67. The van der Waals surface area contributed by atoms with Crippen LogP contribution < -0.4 is 9.47 Å². The summed E-state index contributed by atoms with van der Waals surface area (Å²) in [6.07, 6.45) is 2.51. The van der Waals surface area contributed by atoms with Crippen LogP contribution in [0.2, 0.25) is 0 Å². The second-order valence-corrected chi connectivity index (χ2v) is 8.77. The molecule has 1 fully saturated rings. The van der Waals surface area contributed by atoms with E-state index in [1.807, 2.05) is 24.3 Å². The van der Waals surface area contributed by atoms with E-state index in [-0.39, 0.29) is 18.6 Å². The molecule has 6 unspecified atom stereocenters. The zero-order valence-corrected chi connectivity index (χ0v) is 19.6. The predicted molar refractivity (Wildman–Crippen MR) is 118 cm³/mol. The summed E-state index contributed by atoms with van der Waals surface area (Å²) in [6, 6.07) is 5.71. The van der Waals surface area contributed by atoms with Gasteiger partial charge in [-0.25, -0.2) is 0 Å². The highest BCUT2D eigenvalue weighted by Gasteiger charge is 2.75. The van der Waals surface area contributed by atoms with Gasteiger partial charge in [-0.15, -0.1) is 6.58 Å². The molecule has 1 heterocycles. The molecule has 4 rings (SSSR count). The fourth-order valence-corrected chi connectivity index (χ4v) is 6.04. The fourth-order valence-electron chi connectivity index (χ4n) is 6.04. The second kappa shape index (κ2) is 8.41. The predicted octanol–water partition coefficient (Wildman–Crippen LogP) is 3.50. The molecule has 1 aliphatic heterocycles. The smallest absolute Gasteiger partial charge is 0.303 e. The molecule has 0 spiro atoms. The first-order chi connectivity index (χ1) is 15.7. The SMILES string of the molecule is C=CCC12C=C(OC)C(OC(C)=O)C(OC)(C(c3ccc4c(c3)OCO4)C1C)C2OC(C)=O. The Hall–Kier alpha value is -3.00. The van der Waals surface area contributed by atoms with Gasteiger partial charge in [0.1, 0.15) is 11.9 Å².